The minimum atomic E-state index is 0.839. The first-order valence-electron chi connectivity index (χ1n) is 6.05. The summed E-state index contributed by atoms with van der Waals surface area (Å²) in [5, 5.41) is 4.13. The summed E-state index contributed by atoms with van der Waals surface area (Å²) in [6.07, 6.45) is 1.17. The van der Waals surface area contributed by atoms with Crippen LogP contribution in [-0.4, -0.2) is 48.1 Å². The minimum Gasteiger partial charge on any atom is -0.348 e. The normalized spacial score (nSPS) is 17.6. The predicted molar refractivity (Wildman–Crippen MR) is 76.3 cm³/mol. The van der Waals surface area contributed by atoms with Crippen molar-refractivity contribution in [3.05, 3.63) is 30.3 Å². The molecule has 1 fully saturated rings. The van der Waals surface area contributed by atoms with Gasteiger partial charge in [-0.3, -0.25) is 0 Å². The van der Waals surface area contributed by atoms with Crippen LogP contribution in [0.25, 0.3) is 0 Å². The van der Waals surface area contributed by atoms with Crippen molar-refractivity contribution in [2.24, 2.45) is 0 Å². The van der Waals surface area contributed by atoms with Crippen LogP contribution in [0.1, 0.15) is 6.42 Å². The number of hydrogen-bond donors (Lipinski definition) is 1. The summed E-state index contributed by atoms with van der Waals surface area (Å²) in [4.78, 5) is 4.61. The summed E-state index contributed by atoms with van der Waals surface area (Å²) >= 11 is 5.45. The molecule has 0 saturated carbocycles. The molecule has 0 aromatic heterocycles. The second kappa shape index (κ2) is 5.98. The largest absolute Gasteiger partial charge is 0.348 e. The molecule has 1 aliphatic heterocycles. The fourth-order valence-electron chi connectivity index (χ4n) is 1.97. The van der Waals surface area contributed by atoms with E-state index in [1.54, 1.807) is 0 Å². The lowest BCUT2D eigenvalue weighted by Crippen LogP contribution is -2.37. The molecule has 2 rings (SSSR count). The van der Waals surface area contributed by atoms with Gasteiger partial charge in [-0.2, -0.15) is 0 Å². The lowest BCUT2D eigenvalue weighted by Gasteiger charge is -2.24. The molecule has 1 aliphatic rings. The number of anilines is 1. The van der Waals surface area contributed by atoms with E-state index in [1.807, 2.05) is 30.3 Å². The zero-order valence-electron chi connectivity index (χ0n) is 10.2. The molecule has 1 heterocycles. The Morgan fingerprint density at radius 2 is 1.88 bits per heavy atom. The molecule has 0 amide bonds. The van der Waals surface area contributed by atoms with Gasteiger partial charge in [-0.1, -0.05) is 18.2 Å². The molecule has 4 heteroatoms. The van der Waals surface area contributed by atoms with Gasteiger partial charge in [0.1, 0.15) is 0 Å². The molecule has 0 aliphatic carbocycles. The summed E-state index contributed by atoms with van der Waals surface area (Å²) in [5.74, 6) is 0. The van der Waals surface area contributed by atoms with E-state index in [9.17, 15) is 0 Å². The molecule has 0 bridgehead atoms. The van der Waals surface area contributed by atoms with E-state index in [0.717, 1.165) is 37.0 Å². The smallest absolute Gasteiger partial charge is 0.173 e. The average molecular weight is 249 g/mol. The van der Waals surface area contributed by atoms with E-state index in [0.29, 0.717) is 0 Å². The van der Waals surface area contributed by atoms with Crippen LogP contribution in [0.3, 0.4) is 0 Å². The number of nitrogens with zero attached hydrogens (tertiary/aromatic N) is 2. The molecular formula is C13H19N3S. The maximum atomic E-state index is 5.45. The summed E-state index contributed by atoms with van der Waals surface area (Å²) in [5.41, 5.74) is 1.06. The molecule has 0 unspecified atom stereocenters. The van der Waals surface area contributed by atoms with Crippen LogP contribution in [0.2, 0.25) is 0 Å². The molecule has 3 nitrogen and oxygen atoms in total. The predicted octanol–water partition coefficient (Wildman–Crippen LogP) is 2.02. The summed E-state index contributed by atoms with van der Waals surface area (Å²) in [6, 6.07) is 10.1. The van der Waals surface area contributed by atoms with E-state index in [1.165, 1.54) is 6.42 Å². The maximum Gasteiger partial charge on any atom is 0.173 e. The maximum absolute atomic E-state index is 5.45. The highest BCUT2D eigenvalue weighted by Gasteiger charge is 2.14. The Balaban J connectivity index is 1.91. The standard InChI is InChI=1S/C13H19N3S/c1-15-8-5-9-16(11-10-15)13(17)14-12-6-3-2-4-7-12/h2-4,6-7H,5,8-11H2,1H3,(H,14,17). The van der Waals surface area contributed by atoms with Gasteiger partial charge in [-0.25, -0.2) is 0 Å². The Hall–Kier alpha value is -1.13. The van der Waals surface area contributed by atoms with E-state index in [-0.39, 0.29) is 0 Å². The Morgan fingerprint density at radius 3 is 2.65 bits per heavy atom. The molecule has 1 N–H and O–H groups in total. The zero-order valence-corrected chi connectivity index (χ0v) is 11.0. The van der Waals surface area contributed by atoms with Crippen molar-refractivity contribution in [2.45, 2.75) is 6.42 Å². The fourth-order valence-corrected chi connectivity index (χ4v) is 2.27. The second-order valence-electron chi connectivity index (χ2n) is 4.44. The minimum absolute atomic E-state index is 0.839. The third-order valence-corrected chi connectivity index (χ3v) is 3.39. The molecule has 92 valence electrons. The molecule has 0 spiro atoms. The van der Waals surface area contributed by atoms with Gasteiger partial charge in [0.05, 0.1) is 0 Å². The highest BCUT2D eigenvalue weighted by Crippen LogP contribution is 2.08. The van der Waals surface area contributed by atoms with Crippen molar-refractivity contribution in [3.63, 3.8) is 0 Å². The van der Waals surface area contributed by atoms with Crippen molar-refractivity contribution in [1.82, 2.24) is 9.80 Å². The van der Waals surface area contributed by atoms with E-state index in [2.05, 4.69) is 22.2 Å². The van der Waals surface area contributed by atoms with E-state index >= 15 is 0 Å². The molecular weight excluding hydrogens is 230 g/mol. The monoisotopic (exact) mass is 249 g/mol. The first kappa shape index (κ1) is 12.3. The van der Waals surface area contributed by atoms with Crippen LogP contribution < -0.4 is 5.32 Å². The van der Waals surface area contributed by atoms with Crippen molar-refractivity contribution in [1.29, 1.82) is 0 Å². The van der Waals surface area contributed by atoms with Crippen molar-refractivity contribution >= 4 is 23.0 Å². The SMILES string of the molecule is CN1CCCN(C(=S)Nc2ccccc2)CC1. The van der Waals surface area contributed by atoms with Gasteiger partial charge in [0.25, 0.3) is 0 Å². The molecule has 1 aromatic carbocycles. The lowest BCUT2D eigenvalue weighted by molar-refractivity contribution is 0.347. The number of likely N-dealkylation sites (N-methyl/N-ethyl adjacent to an activating group) is 1. The first-order chi connectivity index (χ1) is 8.25. The van der Waals surface area contributed by atoms with Gasteiger partial charge >= 0.3 is 0 Å². The Bertz CT molecular complexity index is 366. The van der Waals surface area contributed by atoms with Crippen molar-refractivity contribution in [2.75, 3.05) is 38.5 Å². The van der Waals surface area contributed by atoms with E-state index < -0.39 is 0 Å². The second-order valence-corrected chi connectivity index (χ2v) is 4.83. The number of rotatable bonds is 1. The van der Waals surface area contributed by atoms with Gasteiger partial charge in [0.2, 0.25) is 0 Å². The average Bonchev–Trinajstić information content (AvgIpc) is 2.55. The van der Waals surface area contributed by atoms with Gasteiger partial charge in [0, 0.05) is 25.3 Å². The molecule has 1 saturated heterocycles. The van der Waals surface area contributed by atoms with Gasteiger partial charge < -0.3 is 15.1 Å². The van der Waals surface area contributed by atoms with Crippen LogP contribution >= 0.6 is 12.2 Å². The topological polar surface area (TPSA) is 18.5 Å². The van der Waals surface area contributed by atoms with Crippen LogP contribution in [0, 0.1) is 0 Å². The fraction of sp³-hybridized carbons (Fsp3) is 0.462. The van der Waals surface area contributed by atoms with E-state index in [4.69, 9.17) is 12.2 Å². The van der Waals surface area contributed by atoms with Crippen molar-refractivity contribution in [3.8, 4) is 0 Å². The van der Waals surface area contributed by atoms with Crippen LogP contribution in [0.5, 0.6) is 0 Å². The Morgan fingerprint density at radius 1 is 1.12 bits per heavy atom. The van der Waals surface area contributed by atoms with Crippen LogP contribution in [0.4, 0.5) is 5.69 Å². The quantitative estimate of drug-likeness (QED) is 0.767. The van der Waals surface area contributed by atoms with Crippen LogP contribution in [-0.2, 0) is 0 Å². The number of hydrogen-bond acceptors (Lipinski definition) is 2. The number of para-hydroxylation sites is 1. The number of thiocarbonyl (C=S) groups is 1. The first-order valence-corrected chi connectivity index (χ1v) is 6.46. The zero-order chi connectivity index (χ0) is 12.1. The third kappa shape index (κ3) is 3.68. The highest BCUT2D eigenvalue weighted by molar-refractivity contribution is 7.80. The highest BCUT2D eigenvalue weighted by atomic mass is 32.1. The van der Waals surface area contributed by atoms with Gasteiger partial charge in [-0.05, 0) is 44.4 Å². The van der Waals surface area contributed by atoms with Gasteiger partial charge in [-0.15, -0.1) is 0 Å². The molecule has 17 heavy (non-hydrogen) atoms. The molecule has 0 radical (unpaired) electrons. The Kier molecular flexibility index (Phi) is 4.34. The number of nitrogens with one attached hydrogen (secondary N) is 1. The van der Waals surface area contributed by atoms with Crippen molar-refractivity contribution < 1.29 is 0 Å². The summed E-state index contributed by atoms with van der Waals surface area (Å²) in [7, 11) is 2.16. The van der Waals surface area contributed by atoms with Crippen LogP contribution in [0.15, 0.2) is 30.3 Å². The number of benzene rings is 1. The summed E-state index contributed by atoms with van der Waals surface area (Å²) in [6.45, 7) is 4.29. The summed E-state index contributed by atoms with van der Waals surface area (Å²) < 4.78 is 0. The molecule has 0 atom stereocenters. The van der Waals surface area contributed by atoms with Gasteiger partial charge in [0.15, 0.2) is 5.11 Å². The third-order valence-electron chi connectivity index (χ3n) is 3.03. The lowest BCUT2D eigenvalue weighted by atomic mass is 10.3. The Labute approximate surface area is 108 Å². The molecule has 1 aromatic rings.